The molecule has 2 heterocycles. The van der Waals surface area contributed by atoms with Crippen molar-refractivity contribution in [2.75, 3.05) is 5.32 Å². The quantitative estimate of drug-likeness (QED) is 0.601. The predicted molar refractivity (Wildman–Crippen MR) is 102 cm³/mol. The first-order valence-electron chi connectivity index (χ1n) is 7.65. The van der Waals surface area contributed by atoms with Crippen LogP contribution in [0.4, 0.5) is 10.1 Å². The molecule has 7 nitrogen and oxygen atoms in total. The minimum atomic E-state index is -0.645. The van der Waals surface area contributed by atoms with E-state index in [1.165, 1.54) is 24.4 Å². The number of nitrogens with zero attached hydrogens (tertiary/aromatic N) is 4. The van der Waals surface area contributed by atoms with E-state index in [4.69, 9.17) is 0 Å². The summed E-state index contributed by atoms with van der Waals surface area (Å²) in [5.74, 6) is -1.76. The molecule has 1 N–H and O–H groups in total. The van der Waals surface area contributed by atoms with E-state index in [2.05, 4.69) is 15.5 Å². The van der Waals surface area contributed by atoms with Crippen molar-refractivity contribution in [3.05, 3.63) is 62.5 Å². The Bertz CT molecular complexity index is 1020. The zero-order chi connectivity index (χ0) is 19.0. The van der Waals surface area contributed by atoms with Gasteiger partial charge in [0.25, 0.3) is 11.8 Å². The Kier molecular flexibility index (Phi) is 4.90. The van der Waals surface area contributed by atoms with Crippen LogP contribution in [0.3, 0.4) is 0 Å². The molecule has 0 saturated carbocycles. The van der Waals surface area contributed by atoms with Gasteiger partial charge in [-0.15, -0.1) is 0 Å². The lowest BCUT2D eigenvalue weighted by molar-refractivity contribution is 0.0940. The van der Waals surface area contributed by atoms with Crippen molar-refractivity contribution in [1.82, 2.24) is 19.6 Å². The molecular formula is C17H15FIN5O2. The SMILES string of the molecule is Cc1nn(C)c(C)c1NC(=O)c1ccn(C(=O)c2cc(I)ccc2F)n1. The number of carbonyl (C=O) groups excluding carboxylic acids is 2. The average Bonchev–Trinajstić information content (AvgIpc) is 3.18. The Balaban J connectivity index is 1.84. The van der Waals surface area contributed by atoms with Crippen LogP contribution in [0.15, 0.2) is 30.5 Å². The molecule has 0 fully saturated rings. The number of halogens is 2. The van der Waals surface area contributed by atoms with Crippen molar-refractivity contribution >= 4 is 40.1 Å². The Morgan fingerprint density at radius 3 is 2.58 bits per heavy atom. The molecule has 26 heavy (non-hydrogen) atoms. The van der Waals surface area contributed by atoms with E-state index >= 15 is 0 Å². The van der Waals surface area contributed by atoms with Gasteiger partial charge in [-0.3, -0.25) is 14.3 Å². The molecular weight excluding hydrogens is 452 g/mol. The standard InChI is InChI=1S/C17H15FIN5O2/c1-9-15(10(2)23(3)21-9)20-16(25)14-6-7-24(22-14)17(26)12-8-11(19)4-5-13(12)18/h4-8H,1-3H3,(H,20,25). The Labute approximate surface area is 162 Å². The first kappa shape index (κ1) is 18.2. The van der Waals surface area contributed by atoms with Crippen molar-refractivity contribution < 1.29 is 14.0 Å². The van der Waals surface area contributed by atoms with Gasteiger partial charge in [0, 0.05) is 16.8 Å². The molecule has 0 radical (unpaired) electrons. The van der Waals surface area contributed by atoms with Crippen molar-refractivity contribution in [3.8, 4) is 0 Å². The monoisotopic (exact) mass is 467 g/mol. The summed E-state index contributed by atoms with van der Waals surface area (Å²) in [7, 11) is 1.78. The molecule has 134 valence electrons. The number of benzene rings is 1. The number of hydrogen-bond donors (Lipinski definition) is 1. The summed E-state index contributed by atoms with van der Waals surface area (Å²) in [4.78, 5) is 24.8. The van der Waals surface area contributed by atoms with Crippen LogP contribution < -0.4 is 5.32 Å². The summed E-state index contributed by atoms with van der Waals surface area (Å²) in [6.45, 7) is 3.61. The summed E-state index contributed by atoms with van der Waals surface area (Å²) >= 11 is 1.99. The van der Waals surface area contributed by atoms with Crippen molar-refractivity contribution in [3.63, 3.8) is 0 Å². The van der Waals surface area contributed by atoms with Crippen LogP contribution in [0.1, 0.15) is 32.2 Å². The molecule has 0 atom stereocenters. The van der Waals surface area contributed by atoms with Crippen LogP contribution in [0.25, 0.3) is 0 Å². The molecule has 0 unspecified atom stereocenters. The van der Waals surface area contributed by atoms with Crippen molar-refractivity contribution in [2.24, 2.45) is 7.05 Å². The van der Waals surface area contributed by atoms with E-state index in [1.807, 2.05) is 29.5 Å². The average molecular weight is 467 g/mol. The lowest BCUT2D eigenvalue weighted by Crippen LogP contribution is -2.18. The number of rotatable bonds is 3. The van der Waals surface area contributed by atoms with Crippen LogP contribution >= 0.6 is 22.6 Å². The van der Waals surface area contributed by atoms with Crippen LogP contribution in [-0.4, -0.2) is 31.4 Å². The zero-order valence-electron chi connectivity index (χ0n) is 14.2. The largest absolute Gasteiger partial charge is 0.317 e. The Morgan fingerprint density at radius 1 is 1.19 bits per heavy atom. The molecule has 9 heteroatoms. The van der Waals surface area contributed by atoms with Crippen molar-refractivity contribution in [2.45, 2.75) is 13.8 Å². The van der Waals surface area contributed by atoms with Gasteiger partial charge in [0.05, 0.1) is 22.6 Å². The zero-order valence-corrected chi connectivity index (χ0v) is 16.4. The Morgan fingerprint density at radius 2 is 1.92 bits per heavy atom. The van der Waals surface area contributed by atoms with Gasteiger partial charge in [-0.2, -0.15) is 10.2 Å². The van der Waals surface area contributed by atoms with E-state index in [9.17, 15) is 14.0 Å². The molecule has 0 bridgehead atoms. The maximum absolute atomic E-state index is 13.9. The minimum Gasteiger partial charge on any atom is -0.317 e. The van der Waals surface area contributed by atoms with Gasteiger partial charge >= 0.3 is 0 Å². The van der Waals surface area contributed by atoms with Gasteiger partial charge in [-0.25, -0.2) is 9.07 Å². The number of hydrogen-bond acceptors (Lipinski definition) is 4. The third-order valence-corrected chi connectivity index (χ3v) is 4.61. The second kappa shape index (κ2) is 6.98. The first-order valence-corrected chi connectivity index (χ1v) is 8.72. The molecule has 3 aromatic rings. The fourth-order valence-corrected chi connectivity index (χ4v) is 2.97. The van der Waals surface area contributed by atoms with Crippen molar-refractivity contribution in [1.29, 1.82) is 0 Å². The van der Waals surface area contributed by atoms with Gasteiger partial charge in [0.2, 0.25) is 0 Å². The fourth-order valence-electron chi connectivity index (χ4n) is 2.48. The van der Waals surface area contributed by atoms with E-state index in [-0.39, 0.29) is 11.3 Å². The van der Waals surface area contributed by atoms with Gasteiger partial charge in [0.1, 0.15) is 5.82 Å². The lowest BCUT2D eigenvalue weighted by Gasteiger charge is -2.04. The van der Waals surface area contributed by atoms with Gasteiger partial charge in [0.15, 0.2) is 5.69 Å². The maximum atomic E-state index is 13.9. The van der Waals surface area contributed by atoms with E-state index in [0.717, 1.165) is 13.9 Å². The lowest BCUT2D eigenvalue weighted by atomic mass is 10.2. The normalized spacial score (nSPS) is 10.8. The second-order valence-corrected chi connectivity index (χ2v) is 6.94. The molecule has 0 aliphatic rings. The molecule has 1 amide bonds. The highest BCUT2D eigenvalue weighted by molar-refractivity contribution is 14.1. The molecule has 3 rings (SSSR count). The Hall–Kier alpha value is -2.56. The van der Waals surface area contributed by atoms with Gasteiger partial charge in [-0.1, -0.05) is 0 Å². The highest BCUT2D eigenvalue weighted by atomic mass is 127. The van der Waals surface area contributed by atoms with E-state index in [0.29, 0.717) is 11.4 Å². The number of anilines is 1. The summed E-state index contributed by atoms with van der Waals surface area (Å²) in [5, 5.41) is 10.9. The summed E-state index contributed by atoms with van der Waals surface area (Å²) < 4.78 is 17.2. The predicted octanol–water partition coefficient (Wildman–Crippen LogP) is 2.92. The third kappa shape index (κ3) is 3.39. The highest BCUT2D eigenvalue weighted by Gasteiger charge is 2.19. The number of carbonyl (C=O) groups is 2. The van der Waals surface area contributed by atoms with E-state index in [1.54, 1.807) is 24.7 Å². The topological polar surface area (TPSA) is 81.8 Å². The molecule has 1 aromatic carbocycles. The molecule has 0 aliphatic heterocycles. The molecule has 0 aliphatic carbocycles. The van der Waals surface area contributed by atoms with Crippen LogP contribution in [0.2, 0.25) is 0 Å². The molecule has 2 aromatic heterocycles. The van der Waals surface area contributed by atoms with Gasteiger partial charge < -0.3 is 5.32 Å². The summed E-state index contributed by atoms with van der Waals surface area (Å²) in [5.41, 5.74) is 2.02. The smallest absolute Gasteiger partial charge is 0.281 e. The summed E-state index contributed by atoms with van der Waals surface area (Å²) in [6.07, 6.45) is 1.33. The second-order valence-electron chi connectivity index (χ2n) is 5.70. The molecule has 0 spiro atoms. The van der Waals surface area contributed by atoms with Crippen LogP contribution in [0.5, 0.6) is 0 Å². The minimum absolute atomic E-state index is 0.0482. The first-order chi connectivity index (χ1) is 12.3. The highest BCUT2D eigenvalue weighted by Crippen LogP contribution is 2.19. The third-order valence-electron chi connectivity index (χ3n) is 3.94. The summed E-state index contributed by atoms with van der Waals surface area (Å²) in [6, 6.07) is 5.62. The van der Waals surface area contributed by atoms with Crippen LogP contribution in [-0.2, 0) is 7.05 Å². The molecule has 0 saturated heterocycles. The maximum Gasteiger partial charge on any atom is 0.281 e. The van der Waals surface area contributed by atoms with Crippen LogP contribution in [0, 0.1) is 23.2 Å². The van der Waals surface area contributed by atoms with Gasteiger partial charge in [-0.05, 0) is 60.7 Å². The number of aryl methyl sites for hydroxylation is 2. The number of amides is 1. The number of nitrogens with one attached hydrogen (secondary N) is 1. The fraction of sp³-hybridized carbons (Fsp3) is 0.176. The number of aromatic nitrogens is 4. The van der Waals surface area contributed by atoms with E-state index < -0.39 is 17.6 Å².